The Morgan fingerprint density at radius 3 is 2.78 bits per heavy atom. The van der Waals surface area contributed by atoms with Crippen molar-refractivity contribution in [3.8, 4) is 5.88 Å². The van der Waals surface area contributed by atoms with Crippen LogP contribution in [0.15, 0.2) is 18.2 Å². The van der Waals surface area contributed by atoms with Gasteiger partial charge in [-0.3, -0.25) is 4.79 Å². The predicted octanol–water partition coefficient (Wildman–Crippen LogP) is 2.13. The molecule has 1 aromatic rings. The zero-order chi connectivity index (χ0) is 16.4. The maximum atomic E-state index is 12.3. The Kier molecular flexibility index (Phi) is 4.43. The molecule has 1 amide bonds. The van der Waals surface area contributed by atoms with Gasteiger partial charge in [0.05, 0.1) is 0 Å². The molecule has 0 bridgehead atoms. The highest BCUT2D eigenvalue weighted by molar-refractivity contribution is 5.93. The van der Waals surface area contributed by atoms with E-state index in [1.54, 1.807) is 4.90 Å². The number of carbonyl (C=O) groups is 1. The first-order chi connectivity index (χ1) is 10.9. The summed E-state index contributed by atoms with van der Waals surface area (Å²) >= 11 is 0. The quantitative estimate of drug-likeness (QED) is 0.849. The van der Waals surface area contributed by atoms with Crippen molar-refractivity contribution >= 4 is 5.91 Å². The summed E-state index contributed by atoms with van der Waals surface area (Å²) < 4.78 is 46.3. The van der Waals surface area contributed by atoms with Gasteiger partial charge in [-0.25, -0.2) is 4.98 Å². The smallest absolute Gasteiger partial charge is 0.422 e. The standard InChI is InChI=1S/C15H17F3N2O3/c16-15(17,18)9-23-13-3-1-2-12(19-13)14(21)20-6-11(7-20)10-4-5-22-8-10/h1-3,10-11H,4-9H2. The van der Waals surface area contributed by atoms with E-state index in [1.165, 1.54) is 18.2 Å². The van der Waals surface area contributed by atoms with E-state index in [0.717, 1.165) is 19.6 Å². The monoisotopic (exact) mass is 330 g/mol. The Bertz CT molecular complexity index is 567. The molecule has 5 nitrogen and oxygen atoms in total. The number of likely N-dealkylation sites (tertiary alicyclic amines) is 1. The van der Waals surface area contributed by atoms with Crippen LogP contribution in [0, 0.1) is 11.8 Å². The minimum atomic E-state index is -4.43. The average molecular weight is 330 g/mol. The van der Waals surface area contributed by atoms with Crippen LogP contribution in [0.3, 0.4) is 0 Å². The molecule has 8 heteroatoms. The van der Waals surface area contributed by atoms with Gasteiger partial charge in [-0.1, -0.05) is 6.07 Å². The molecule has 0 radical (unpaired) electrons. The summed E-state index contributed by atoms with van der Waals surface area (Å²) in [6, 6.07) is 4.25. The first kappa shape index (κ1) is 16.0. The summed E-state index contributed by atoms with van der Waals surface area (Å²) in [4.78, 5) is 17.8. The fraction of sp³-hybridized carbons (Fsp3) is 0.600. The number of hydrogen-bond acceptors (Lipinski definition) is 4. The highest BCUT2D eigenvalue weighted by atomic mass is 19.4. The molecular weight excluding hydrogens is 313 g/mol. The van der Waals surface area contributed by atoms with Crippen LogP contribution >= 0.6 is 0 Å². The Morgan fingerprint density at radius 1 is 1.35 bits per heavy atom. The van der Waals surface area contributed by atoms with Crippen LogP contribution in [0.5, 0.6) is 5.88 Å². The minimum Gasteiger partial charge on any atom is -0.468 e. The first-order valence-electron chi connectivity index (χ1n) is 7.46. The molecule has 0 saturated carbocycles. The average Bonchev–Trinajstić information content (AvgIpc) is 2.97. The lowest BCUT2D eigenvalue weighted by molar-refractivity contribution is -0.154. The molecule has 1 aromatic heterocycles. The second-order valence-electron chi connectivity index (χ2n) is 5.86. The van der Waals surface area contributed by atoms with E-state index in [-0.39, 0.29) is 17.5 Å². The van der Waals surface area contributed by atoms with Crippen molar-refractivity contribution in [2.24, 2.45) is 11.8 Å². The fourth-order valence-corrected chi connectivity index (χ4v) is 2.83. The number of carbonyl (C=O) groups excluding carboxylic acids is 1. The Balaban J connectivity index is 1.55. The van der Waals surface area contributed by atoms with Crippen LogP contribution in [-0.4, -0.2) is 54.9 Å². The van der Waals surface area contributed by atoms with Crippen LogP contribution in [0.2, 0.25) is 0 Å². The second kappa shape index (κ2) is 6.35. The number of ether oxygens (including phenoxy) is 2. The number of hydrogen-bond donors (Lipinski definition) is 0. The molecule has 2 fully saturated rings. The van der Waals surface area contributed by atoms with Gasteiger partial charge in [0.15, 0.2) is 6.61 Å². The lowest BCUT2D eigenvalue weighted by Gasteiger charge is -2.41. The molecule has 0 aliphatic carbocycles. The van der Waals surface area contributed by atoms with E-state index in [9.17, 15) is 18.0 Å². The molecule has 126 valence electrons. The van der Waals surface area contributed by atoms with Gasteiger partial charge < -0.3 is 14.4 Å². The lowest BCUT2D eigenvalue weighted by Crippen LogP contribution is -2.53. The summed E-state index contributed by atoms with van der Waals surface area (Å²) in [5, 5.41) is 0. The van der Waals surface area contributed by atoms with Gasteiger partial charge in [0.2, 0.25) is 5.88 Å². The van der Waals surface area contributed by atoms with E-state index in [4.69, 9.17) is 4.74 Å². The largest absolute Gasteiger partial charge is 0.468 e. The molecule has 2 aliphatic rings. The zero-order valence-corrected chi connectivity index (χ0v) is 12.4. The van der Waals surface area contributed by atoms with Crippen molar-refractivity contribution in [2.45, 2.75) is 12.6 Å². The van der Waals surface area contributed by atoms with Gasteiger partial charge in [0, 0.05) is 32.4 Å². The van der Waals surface area contributed by atoms with E-state index < -0.39 is 12.8 Å². The number of rotatable bonds is 4. The first-order valence-corrected chi connectivity index (χ1v) is 7.46. The normalized spacial score (nSPS) is 22.0. The third-order valence-corrected chi connectivity index (χ3v) is 4.15. The number of halogens is 3. The van der Waals surface area contributed by atoms with Gasteiger partial charge in [-0.05, 0) is 24.3 Å². The zero-order valence-electron chi connectivity index (χ0n) is 12.4. The van der Waals surface area contributed by atoms with Gasteiger partial charge >= 0.3 is 6.18 Å². The van der Waals surface area contributed by atoms with E-state index in [1.807, 2.05) is 0 Å². The van der Waals surface area contributed by atoms with Crippen molar-refractivity contribution in [3.05, 3.63) is 23.9 Å². The van der Waals surface area contributed by atoms with Gasteiger partial charge in [0.25, 0.3) is 5.91 Å². The van der Waals surface area contributed by atoms with Crippen LogP contribution in [0.25, 0.3) is 0 Å². The molecule has 2 saturated heterocycles. The fourth-order valence-electron chi connectivity index (χ4n) is 2.83. The molecule has 0 spiro atoms. The van der Waals surface area contributed by atoms with Crippen molar-refractivity contribution in [3.63, 3.8) is 0 Å². The molecule has 2 aliphatic heterocycles. The SMILES string of the molecule is O=C(c1cccc(OCC(F)(F)F)n1)N1CC(C2CCOC2)C1. The van der Waals surface area contributed by atoms with Crippen molar-refractivity contribution < 1.29 is 27.4 Å². The highest BCUT2D eigenvalue weighted by Gasteiger charge is 2.38. The number of pyridine rings is 1. The van der Waals surface area contributed by atoms with Crippen LogP contribution < -0.4 is 4.74 Å². The van der Waals surface area contributed by atoms with Gasteiger partial charge in [-0.15, -0.1) is 0 Å². The molecule has 0 N–H and O–H groups in total. The maximum absolute atomic E-state index is 12.3. The van der Waals surface area contributed by atoms with E-state index >= 15 is 0 Å². The number of nitrogens with zero attached hydrogens (tertiary/aromatic N) is 2. The molecule has 1 unspecified atom stereocenters. The molecule has 3 rings (SSSR count). The lowest BCUT2D eigenvalue weighted by atomic mass is 9.85. The Hall–Kier alpha value is -1.83. The number of alkyl halides is 3. The van der Waals surface area contributed by atoms with Gasteiger partial charge in [0.1, 0.15) is 5.69 Å². The third-order valence-electron chi connectivity index (χ3n) is 4.15. The highest BCUT2D eigenvalue weighted by Crippen LogP contribution is 2.30. The summed E-state index contributed by atoms with van der Waals surface area (Å²) in [7, 11) is 0. The van der Waals surface area contributed by atoms with Crippen LogP contribution in [0.4, 0.5) is 13.2 Å². The van der Waals surface area contributed by atoms with Crippen LogP contribution in [0.1, 0.15) is 16.9 Å². The van der Waals surface area contributed by atoms with E-state index in [2.05, 4.69) is 9.72 Å². The Morgan fingerprint density at radius 2 is 2.13 bits per heavy atom. The molecular formula is C15H17F3N2O3. The summed E-state index contributed by atoms with van der Waals surface area (Å²) in [6.07, 6.45) is -3.42. The Labute approximate surface area is 131 Å². The third kappa shape index (κ3) is 3.93. The van der Waals surface area contributed by atoms with Crippen molar-refractivity contribution in [1.82, 2.24) is 9.88 Å². The molecule has 0 aromatic carbocycles. The van der Waals surface area contributed by atoms with Crippen LogP contribution in [-0.2, 0) is 4.74 Å². The van der Waals surface area contributed by atoms with Gasteiger partial charge in [-0.2, -0.15) is 13.2 Å². The molecule has 23 heavy (non-hydrogen) atoms. The minimum absolute atomic E-state index is 0.103. The molecule has 3 heterocycles. The second-order valence-corrected chi connectivity index (χ2v) is 5.86. The number of amides is 1. The van der Waals surface area contributed by atoms with Crippen molar-refractivity contribution in [1.29, 1.82) is 0 Å². The number of aromatic nitrogens is 1. The summed E-state index contributed by atoms with van der Waals surface area (Å²) in [6.45, 7) is 1.37. The maximum Gasteiger partial charge on any atom is 0.422 e. The van der Waals surface area contributed by atoms with E-state index in [0.29, 0.717) is 24.9 Å². The van der Waals surface area contributed by atoms with Crippen molar-refractivity contribution in [2.75, 3.05) is 32.9 Å². The summed E-state index contributed by atoms with van der Waals surface area (Å²) in [5.74, 6) is 0.451. The molecule has 1 atom stereocenters. The summed E-state index contributed by atoms with van der Waals surface area (Å²) in [5.41, 5.74) is 0.103. The predicted molar refractivity (Wildman–Crippen MR) is 74.1 cm³/mol. The topological polar surface area (TPSA) is 51.7 Å².